The van der Waals surface area contributed by atoms with Gasteiger partial charge in [0.15, 0.2) is 0 Å². The first kappa shape index (κ1) is 28.5. The minimum absolute atomic E-state index is 0.0861. The van der Waals surface area contributed by atoms with Crippen molar-refractivity contribution in [2.45, 2.75) is 45.6 Å². The summed E-state index contributed by atoms with van der Waals surface area (Å²) in [5.41, 5.74) is -3.43. The molecule has 2 aromatic carbocycles. The summed E-state index contributed by atoms with van der Waals surface area (Å²) in [6.45, 7) is 6.28. The molecule has 0 saturated heterocycles. The number of carbonyl (C=O) groups is 2. The third-order valence-corrected chi connectivity index (χ3v) is 5.06. The van der Waals surface area contributed by atoms with Gasteiger partial charge >= 0.3 is 18.4 Å². The fraction of sp³-hybridized carbons (Fsp3) is 0.269. The van der Waals surface area contributed by atoms with E-state index in [1.807, 2.05) is 0 Å². The van der Waals surface area contributed by atoms with Gasteiger partial charge < -0.3 is 10.1 Å². The van der Waals surface area contributed by atoms with Crippen LogP contribution in [-0.4, -0.2) is 22.6 Å². The second-order valence-electron chi connectivity index (χ2n) is 9.30. The molecule has 38 heavy (non-hydrogen) atoms. The van der Waals surface area contributed by atoms with Gasteiger partial charge in [-0.05, 0) is 63.6 Å². The Bertz CT molecular complexity index is 1340. The average molecular weight is 539 g/mol. The predicted molar refractivity (Wildman–Crippen MR) is 129 cm³/mol. The number of amides is 2. The van der Waals surface area contributed by atoms with Gasteiger partial charge in [-0.1, -0.05) is 18.2 Å². The van der Waals surface area contributed by atoms with Crippen molar-refractivity contribution < 1.29 is 40.7 Å². The van der Waals surface area contributed by atoms with Crippen LogP contribution in [0, 0.1) is 6.92 Å². The minimum Gasteiger partial charge on any atom is -0.444 e. The van der Waals surface area contributed by atoms with E-state index in [2.05, 4.69) is 15.6 Å². The third kappa shape index (κ3) is 7.24. The van der Waals surface area contributed by atoms with Crippen LogP contribution in [0.25, 0.3) is 11.3 Å². The Morgan fingerprint density at radius 3 is 1.97 bits per heavy atom. The molecule has 0 atom stereocenters. The maximum absolute atomic E-state index is 13.4. The molecule has 3 aromatic rings. The van der Waals surface area contributed by atoms with Crippen molar-refractivity contribution in [1.29, 1.82) is 0 Å². The summed E-state index contributed by atoms with van der Waals surface area (Å²) in [4.78, 5) is 28.8. The van der Waals surface area contributed by atoms with Crippen molar-refractivity contribution in [2.24, 2.45) is 0 Å². The Balaban J connectivity index is 1.96. The Hall–Kier alpha value is -4.09. The largest absolute Gasteiger partial charge is 0.444 e. The number of nitrogens with zero attached hydrogens (tertiary/aromatic N) is 1. The lowest BCUT2D eigenvalue weighted by Crippen LogP contribution is -2.27. The number of hydrogen-bond donors (Lipinski definition) is 2. The van der Waals surface area contributed by atoms with Crippen molar-refractivity contribution in [3.63, 3.8) is 0 Å². The molecule has 0 aliphatic rings. The molecular weight excluding hydrogens is 516 g/mol. The molecule has 0 aliphatic heterocycles. The van der Waals surface area contributed by atoms with Crippen molar-refractivity contribution >= 4 is 23.4 Å². The van der Waals surface area contributed by atoms with Crippen LogP contribution in [0.15, 0.2) is 54.7 Å². The standard InChI is InChI=1S/C26H23F6N3O3/c1-14-5-8-18(12-20(14)26(30,31)32)34-22(36)19-11-16(25(27,28)29)13-33-21(19)15-6-9-17(10-7-15)35-23(37)38-24(2,3)4/h5-13H,1-4H3,(H,34,36)(H,35,37). The molecule has 2 amide bonds. The van der Waals surface area contributed by atoms with E-state index in [1.165, 1.54) is 37.3 Å². The molecule has 0 bridgehead atoms. The zero-order valence-corrected chi connectivity index (χ0v) is 20.6. The van der Waals surface area contributed by atoms with Crippen LogP contribution in [-0.2, 0) is 17.1 Å². The normalized spacial score (nSPS) is 12.2. The van der Waals surface area contributed by atoms with Crippen LogP contribution in [0.3, 0.4) is 0 Å². The monoisotopic (exact) mass is 539 g/mol. The number of pyridine rings is 1. The van der Waals surface area contributed by atoms with Gasteiger partial charge in [0.05, 0.1) is 22.4 Å². The zero-order chi connectivity index (χ0) is 28.5. The van der Waals surface area contributed by atoms with E-state index in [0.717, 1.165) is 6.07 Å². The van der Waals surface area contributed by atoms with Gasteiger partial charge in [0, 0.05) is 23.1 Å². The van der Waals surface area contributed by atoms with Gasteiger partial charge in [-0.2, -0.15) is 26.3 Å². The van der Waals surface area contributed by atoms with Gasteiger partial charge in [0.25, 0.3) is 5.91 Å². The molecule has 0 radical (unpaired) electrons. The molecular formula is C26H23F6N3O3. The van der Waals surface area contributed by atoms with Crippen molar-refractivity contribution in [3.8, 4) is 11.3 Å². The highest BCUT2D eigenvalue weighted by Crippen LogP contribution is 2.35. The second-order valence-corrected chi connectivity index (χ2v) is 9.30. The summed E-state index contributed by atoms with van der Waals surface area (Å²) in [7, 11) is 0. The fourth-order valence-corrected chi connectivity index (χ4v) is 3.36. The van der Waals surface area contributed by atoms with E-state index < -0.39 is 46.6 Å². The first-order valence-electron chi connectivity index (χ1n) is 11.1. The Morgan fingerprint density at radius 1 is 0.816 bits per heavy atom. The summed E-state index contributed by atoms with van der Waals surface area (Å²) in [6, 6.07) is 9.29. The van der Waals surface area contributed by atoms with E-state index in [0.29, 0.717) is 24.0 Å². The van der Waals surface area contributed by atoms with Gasteiger partial charge in [0.1, 0.15) is 5.60 Å². The fourth-order valence-electron chi connectivity index (χ4n) is 3.36. The second kappa shape index (κ2) is 10.3. The highest BCUT2D eigenvalue weighted by Gasteiger charge is 2.34. The topological polar surface area (TPSA) is 80.3 Å². The molecule has 2 N–H and O–H groups in total. The summed E-state index contributed by atoms with van der Waals surface area (Å²) in [6.07, 6.45) is -9.70. The number of ether oxygens (including phenoxy) is 1. The number of halogens is 6. The number of benzene rings is 2. The quantitative estimate of drug-likeness (QED) is 0.333. The van der Waals surface area contributed by atoms with Gasteiger partial charge in [-0.15, -0.1) is 0 Å². The smallest absolute Gasteiger partial charge is 0.417 e. The summed E-state index contributed by atoms with van der Waals surface area (Å²) in [5, 5.41) is 4.72. The SMILES string of the molecule is Cc1ccc(NC(=O)c2cc(C(F)(F)F)cnc2-c2ccc(NC(=O)OC(C)(C)C)cc2)cc1C(F)(F)F. The van der Waals surface area contributed by atoms with Crippen molar-refractivity contribution in [3.05, 3.63) is 77.0 Å². The van der Waals surface area contributed by atoms with E-state index in [4.69, 9.17) is 4.74 Å². The molecule has 1 aromatic heterocycles. The number of carbonyl (C=O) groups excluding carboxylic acids is 2. The molecule has 0 aliphatic carbocycles. The number of rotatable bonds is 4. The van der Waals surface area contributed by atoms with Crippen LogP contribution in [0.2, 0.25) is 0 Å². The zero-order valence-electron chi connectivity index (χ0n) is 20.6. The van der Waals surface area contributed by atoms with E-state index in [1.54, 1.807) is 20.8 Å². The van der Waals surface area contributed by atoms with Gasteiger partial charge in [-0.3, -0.25) is 15.1 Å². The summed E-state index contributed by atoms with van der Waals surface area (Å²) in [5.74, 6) is -1.09. The van der Waals surface area contributed by atoms with Crippen LogP contribution in [0.1, 0.15) is 47.8 Å². The summed E-state index contributed by atoms with van der Waals surface area (Å²) < 4.78 is 85.1. The Morgan fingerprint density at radius 2 is 1.42 bits per heavy atom. The molecule has 12 heteroatoms. The summed E-state index contributed by atoms with van der Waals surface area (Å²) >= 11 is 0. The lowest BCUT2D eigenvalue weighted by Gasteiger charge is -2.19. The Kier molecular flexibility index (Phi) is 7.75. The number of aryl methyl sites for hydroxylation is 1. The predicted octanol–water partition coefficient (Wildman–Crippen LogP) is 7.69. The number of aromatic nitrogens is 1. The molecule has 6 nitrogen and oxygen atoms in total. The van der Waals surface area contributed by atoms with Crippen LogP contribution in [0.5, 0.6) is 0 Å². The Labute approximate surface area is 214 Å². The molecule has 0 unspecified atom stereocenters. The van der Waals surface area contributed by atoms with Crippen molar-refractivity contribution in [1.82, 2.24) is 4.98 Å². The first-order valence-corrected chi connectivity index (χ1v) is 11.1. The van der Waals surface area contributed by atoms with Crippen LogP contribution in [0.4, 0.5) is 42.5 Å². The highest BCUT2D eigenvalue weighted by atomic mass is 19.4. The van der Waals surface area contributed by atoms with Crippen LogP contribution >= 0.6 is 0 Å². The molecule has 0 fully saturated rings. The lowest BCUT2D eigenvalue weighted by molar-refractivity contribution is -0.138. The highest BCUT2D eigenvalue weighted by molar-refractivity contribution is 6.08. The van der Waals surface area contributed by atoms with E-state index in [9.17, 15) is 35.9 Å². The average Bonchev–Trinajstić information content (AvgIpc) is 2.78. The third-order valence-electron chi connectivity index (χ3n) is 5.06. The first-order chi connectivity index (χ1) is 17.4. The van der Waals surface area contributed by atoms with Gasteiger partial charge in [0.2, 0.25) is 0 Å². The number of hydrogen-bond acceptors (Lipinski definition) is 4. The van der Waals surface area contributed by atoms with E-state index in [-0.39, 0.29) is 22.5 Å². The maximum Gasteiger partial charge on any atom is 0.417 e. The van der Waals surface area contributed by atoms with Crippen molar-refractivity contribution in [2.75, 3.05) is 10.6 Å². The number of nitrogens with one attached hydrogen (secondary N) is 2. The number of anilines is 2. The van der Waals surface area contributed by atoms with Gasteiger partial charge in [-0.25, -0.2) is 4.79 Å². The van der Waals surface area contributed by atoms with Crippen LogP contribution < -0.4 is 10.6 Å². The van der Waals surface area contributed by atoms with E-state index >= 15 is 0 Å². The molecule has 1 heterocycles. The minimum atomic E-state index is -4.82. The lowest BCUT2D eigenvalue weighted by atomic mass is 10.0. The molecule has 3 rings (SSSR count). The number of alkyl halides is 6. The molecule has 0 spiro atoms. The molecule has 202 valence electrons. The molecule has 0 saturated carbocycles. The maximum atomic E-state index is 13.4.